The summed E-state index contributed by atoms with van der Waals surface area (Å²) in [7, 11) is 0. The normalized spacial score (nSPS) is 12.2. The van der Waals surface area contributed by atoms with E-state index in [1.54, 1.807) is 17.0 Å². The average molecular weight is 417 g/mol. The molecule has 0 fully saturated rings. The maximum atomic E-state index is 13.4. The number of nitrogens with one attached hydrogen (secondary N) is 2. The number of amides is 2. The Labute approximate surface area is 172 Å². The highest BCUT2D eigenvalue weighted by Gasteiger charge is 2.25. The first-order valence-electron chi connectivity index (χ1n) is 9.28. The zero-order valence-corrected chi connectivity index (χ0v) is 17.1. The number of fused-ring (bicyclic) bond motifs is 1. The first-order chi connectivity index (χ1) is 13.8. The maximum Gasteiger partial charge on any atom is 0.322 e. The van der Waals surface area contributed by atoms with Gasteiger partial charge < -0.3 is 10.2 Å². The second-order valence-electron chi connectivity index (χ2n) is 7.26. The molecule has 2 amide bonds. The number of anilines is 1. The van der Waals surface area contributed by atoms with Gasteiger partial charge in [0.25, 0.3) is 5.56 Å². The Hall–Kier alpha value is -2.93. The van der Waals surface area contributed by atoms with Crippen molar-refractivity contribution >= 4 is 34.1 Å². The Morgan fingerprint density at radius 1 is 1.21 bits per heavy atom. The molecule has 1 atom stereocenters. The Balaban J connectivity index is 1.96. The SMILES string of the molecule is CC(C)CN(C(=O)Nc1ccc(F)c(Cl)c1)C(C)c1n[nH]c(=O)c2ccccc12. The standard InChI is InChI=1S/C21H22ClFN4O2/c1-12(2)11-27(21(29)24-14-8-9-18(23)17(22)10-14)13(3)19-15-6-4-5-7-16(15)20(28)26-25-19/h4-10,12-13H,11H2,1-3H3,(H,24,29)(H,26,28). The van der Waals surface area contributed by atoms with E-state index >= 15 is 0 Å². The summed E-state index contributed by atoms with van der Waals surface area (Å²) >= 11 is 5.82. The van der Waals surface area contributed by atoms with E-state index in [9.17, 15) is 14.0 Å². The second kappa shape index (κ2) is 8.61. The lowest BCUT2D eigenvalue weighted by molar-refractivity contribution is 0.182. The summed E-state index contributed by atoms with van der Waals surface area (Å²) < 4.78 is 13.4. The molecule has 1 heterocycles. The minimum Gasteiger partial charge on any atom is -0.316 e. The molecule has 0 saturated carbocycles. The molecule has 2 N–H and O–H groups in total. The molecule has 0 aliphatic rings. The molecule has 0 aliphatic heterocycles. The van der Waals surface area contributed by atoms with Gasteiger partial charge in [-0.2, -0.15) is 5.10 Å². The Morgan fingerprint density at radius 3 is 2.55 bits per heavy atom. The van der Waals surface area contributed by atoms with Crippen LogP contribution >= 0.6 is 11.6 Å². The third-order valence-electron chi connectivity index (χ3n) is 4.58. The first kappa shape index (κ1) is 20.8. The lowest BCUT2D eigenvalue weighted by Crippen LogP contribution is -2.40. The Morgan fingerprint density at radius 2 is 1.90 bits per heavy atom. The van der Waals surface area contributed by atoms with Crippen molar-refractivity contribution < 1.29 is 9.18 Å². The number of aromatic nitrogens is 2. The molecule has 0 bridgehead atoms. The smallest absolute Gasteiger partial charge is 0.316 e. The summed E-state index contributed by atoms with van der Waals surface area (Å²) in [5.41, 5.74) is 0.701. The molecule has 0 radical (unpaired) electrons. The predicted molar refractivity (Wildman–Crippen MR) is 113 cm³/mol. The van der Waals surface area contributed by atoms with Crippen molar-refractivity contribution in [2.24, 2.45) is 5.92 Å². The molecule has 29 heavy (non-hydrogen) atoms. The zero-order chi connectivity index (χ0) is 21.1. The maximum absolute atomic E-state index is 13.4. The minimum atomic E-state index is -0.555. The number of nitrogens with zero attached hydrogens (tertiary/aromatic N) is 2. The summed E-state index contributed by atoms with van der Waals surface area (Å²) in [5, 5.41) is 10.6. The molecule has 152 valence electrons. The summed E-state index contributed by atoms with van der Waals surface area (Å²) in [6.45, 7) is 6.31. The summed E-state index contributed by atoms with van der Waals surface area (Å²) in [4.78, 5) is 26.8. The van der Waals surface area contributed by atoms with E-state index in [0.29, 0.717) is 28.7 Å². The Kier molecular flexibility index (Phi) is 6.17. The van der Waals surface area contributed by atoms with E-state index in [1.165, 1.54) is 18.2 Å². The lowest BCUT2D eigenvalue weighted by atomic mass is 10.0. The van der Waals surface area contributed by atoms with E-state index in [2.05, 4.69) is 15.5 Å². The van der Waals surface area contributed by atoms with Crippen molar-refractivity contribution in [3.05, 3.63) is 69.4 Å². The summed E-state index contributed by atoms with van der Waals surface area (Å²) in [5.74, 6) is -0.366. The molecule has 0 aliphatic carbocycles. The molecule has 2 aromatic carbocycles. The highest BCUT2D eigenvalue weighted by Crippen LogP contribution is 2.26. The van der Waals surface area contributed by atoms with Crippen molar-refractivity contribution in [3.8, 4) is 0 Å². The second-order valence-corrected chi connectivity index (χ2v) is 7.67. The third kappa shape index (κ3) is 4.56. The van der Waals surface area contributed by atoms with E-state index in [1.807, 2.05) is 32.9 Å². The molecule has 0 saturated heterocycles. The van der Waals surface area contributed by atoms with Gasteiger partial charge in [-0.1, -0.05) is 43.6 Å². The van der Waals surface area contributed by atoms with Gasteiger partial charge in [0, 0.05) is 17.6 Å². The molecule has 8 heteroatoms. The van der Waals surface area contributed by atoms with Crippen LogP contribution in [0.25, 0.3) is 10.8 Å². The van der Waals surface area contributed by atoms with E-state index < -0.39 is 11.9 Å². The van der Waals surface area contributed by atoms with Gasteiger partial charge >= 0.3 is 6.03 Å². The van der Waals surface area contributed by atoms with Crippen LogP contribution in [0, 0.1) is 11.7 Å². The van der Waals surface area contributed by atoms with Gasteiger partial charge in [0.15, 0.2) is 0 Å². The fourth-order valence-corrected chi connectivity index (χ4v) is 3.36. The molecular formula is C21H22ClFN4O2. The van der Waals surface area contributed by atoms with Crippen LogP contribution in [0.3, 0.4) is 0 Å². The summed E-state index contributed by atoms with van der Waals surface area (Å²) in [6.07, 6.45) is 0. The van der Waals surface area contributed by atoms with Gasteiger partial charge in [-0.25, -0.2) is 14.3 Å². The largest absolute Gasteiger partial charge is 0.322 e. The monoisotopic (exact) mass is 416 g/mol. The van der Waals surface area contributed by atoms with E-state index in [4.69, 9.17) is 11.6 Å². The number of hydrogen-bond acceptors (Lipinski definition) is 3. The van der Waals surface area contributed by atoms with Crippen LogP contribution < -0.4 is 10.9 Å². The molecule has 6 nitrogen and oxygen atoms in total. The highest BCUT2D eigenvalue weighted by molar-refractivity contribution is 6.31. The van der Waals surface area contributed by atoms with Crippen LogP contribution in [0.15, 0.2) is 47.3 Å². The fourth-order valence-electron chi connectivity index (χ4n) is 3.18. The topological polar surface area (TPSA) is 78.1 Å². The molecule has 1 unspecified atom stereocenters. The number of carbonyl (C=O) groups excluding carboxylic acids is 1. The van der Waals surface area contributed by atoms with Crippen LogP contribution in [0.1, 0.15) is 32.5 Å². The van der Waals surface area contributed by atoms with Gasteiger partial charge in [0.1, 0.15) is 5.82 Å². The molecule has 1 aromatic heterocycles. The zero-order valence-electron chi connectivity index (χ0n) is 16.4. The van der Waals surface area contributed by atoms with Crippen LogP contribution in [0.5, 0.6) is 0 Å². The predicted octanol–water partition coefficient (Wildman–Crippen LogP) is 4.97. The van der Waals surface area contributed by atoms with Gasteiger partial charge in [-0.3, -0.25) is 4.79 Å². The fraction of sp³-hybridized carbons (Fsp3) is 0.286. The van der Waals surface area contributed by atoms with Crippen LogP contribution in [0.2, 0.25) is 5.02 Å². The number of rotatable bonds is 5. The van der Waals surface area contributed by atoms with Crippen molar-refractivity contribution in [1.82, 2.24) is 15.1 Å². The molecule has 3 aromatic rings. The van der Waals surface area contributed by atoms with Crippen LogP contribution in [0.4, 0.5) is 14.9 Å². The van der Waals surface area contributed by atoms with Crippen molar-refractivity contribution in [2.45, 2.75) is 26.8 Å². The minimum absolute atomic E-state index is 0.0699. The summed E-state index contributed by atoms with van der Waals surface area (Å²) in [6, 6.07) is 10.4. The number of carbonyl (C=O) groups is 1. The van der Waals surface area contributed by atoms with Gasteiger partial charge in [0.2, 0.25) is 0 Å². The van der Waals surface area contributed by atoms with E-state index in [0.717, 1.165) is 0 Å². The van der Waals surface area contributed by atoms with Crippen LogP contribution in [-0.4, -0.2) is 27.7 Å². The average Bonchev–Trinajstić information content (AvgIpc) is 2.69. The third-order valence-corrected chi connectivity index (χ3v) is 4.87. The van der Waals surface area contributed by atoms with Gasteiger partial charge in [0.05, 0.1) is 22.1 Å². The quantitative estimate of drug-likeness (QED) is 0.616. The number of aromatic amines is 1. The van der Waals surface area contributed by atoms with Crippen molar-refractivity contribution in [3.63, 3.8) is 0 Å². The first-order valence-corrected chi connectivity index (χ1v) is 9.65. The number of hydrogen-bond donors (Lipinski definition) is 2. The lowest BCUT2D eigenvalue weighted by Gasteiger charge is -2.31. The number of H-pyrrole nitrogens is 1. The molecular weight excluding hydrogens is 395 g/mol. The number of benzene rings is 2. The van der Waals surface area contributed by atoms with Gasteiger partial charge in [-0.15, -0.1) is 0 Å². The number of urea groups is 1. The van der Waals surface area contributed by atoms with Crippen molar-refractivity contribution in [1.29, 1.82) is 0 Å². The van der Waals surface area contributed by atoms with Gasteiger partial charge in [-0.05, 0) is 37.1 Å². The Bertz CT molecular complexity index is 1100. The number of halogens is 2. The van der Waals surface area contributed by atoms with Crippen molar-refractivity contribution in [2.75, 3.05) is 11.9 Å². The molecule has 3 rings (SSSR count). The van der Waals surface area contributed by atoms with Crippen LogP contribution in [-0.2, 0) is 0 Å². The highest BCUT2D eigenvalue weighted by atomic mass is 35.5. The molecule has 0 spiro atoms. The van der Waals surface area contributed by atoms with E-state index in [-0.39, 0.29) is 22.5 Å².